The Morgan fingerprint density at radius 3 is 2.84 bits per heavy atom. The van der Waals surface area contributed by atoms with E-state index in [2.05, 4.69) is 31.8 Å². The third kappa shape index (κ3) is 5.10. The second-order valence-electron chi connectivity index (χ2n) is 6.55. The Bertz CT molecular complexity index is 1150. The van der Waals surface area contributed by atoms with Crippen molar-refractivity contribution in [3.63, 3.8) is 0 Å². The van der Waals surface area contributed by atoms with Crippen molar-refractivity contribution in [1.29, 1.82) is 0 Å². The van der Waals surface area contributed by atoms with E-state index in [4.69, 9.17) is 9.47 Å². The maximum absolute atomic E-state index is 12.1. The number of para-hydroxylation sites is 2. The molecule has 160 valence electrons. The largest absolute Gasteiger partial charge is 0.493 e. The zero-order chi connectivity index (χ0) is 21.5. The van der Waals surface area contributed by atoms with E-state index in [0.29, 0.717) is 36.8 Å². The molecule has 0 unspecified atom stereocenters. The van der Waals surface area contributed by atoms with Gasteiger partial charge in [0.2, 0.25) is 0 Å². The van der Waals surface area contributed by atoms with Gasteiger partial charge in [-0.25, -0.2) is 14.6 Å². The van der Waals surface area contributed by atoms with Gasteiger partial charge in [-0.1, -0.05) is 18.2 Å². The summed E-state index contributed by atoms with van der Waals surface area (Å²) >= 11 is 1.69. The van der Waals surface area contributed by atoms with Crippen molar-refractivity contribution in [3.05, 3.63) is 59.2 Å². The molecule has 0 saturated heterocycles. The molecule has 2 N–H and O–H groups in total. The highest BCUT2D eigenvalue weighted by Gasteiger charge is 2.11. The van der Waals surface area contributed by atoms with Crippen molar-refractivity contribution in [2.24, 2.45) is 0 Å². The highest BCUT2D eigenvalue weighted by atomic mass is 32.1. The first-order valence-electron chi connectivity index (χ1n) is 9.70. The molecule has 3 aromatic heterocycles. The normalized spacial score (nSPS) is 10.7. The summed E-state index contributed by atoms with van der Waals surface area (Å²) in [5.41, 5.74) is 0.711. The van der Waals surface area contributed by atoms with Gasteiger partial charge in [0.15, 0.2) is 23.8 Å². The standard InChI is InChI=1S/C21H22N6O3S/c1-29-17-6-2-3-7-18(17)30-13-19(28)22-8-9-27-21-16(12-26-27)20(24-14-25-21)23-11-15-5-4-10-31-15/h2-7,10,12,14H,8-9,11,13H2,1H3,(H,22,28)(H,23,24,25). The van der Waals surface area contributed by atoms with Crippen LogP contribution in [0.15, 0.2) is 54.3 Å². The van der Waals surface area contributed by atoms with E-state index in [1.807, 2.05) is 23.6 Å². The fraction of sp³-hybridized carbons (Fsp3) is 0.238. The molecule has 0 fully saturated rings. The van der Waals surface area contributed by atoms with Crippen LogP contribution >= 0.6 is 11.3 Å². The maximum Gasteiger partial charge on any atom is 0.258 e. The summed E-state index contributed by atoms with van der Waals surface area (Å²) < 4.78 is 12.5. The van der Waals surface area contributed by atoms with Gasteiger partial charge < -0.3 is 20.1 Å². The third-order valence-corrected chi connectivity index (χ3v) is 5.39. The zero-order valence-corrected chi connectivity index (χ0v) is 17.8. The fourth-order valence-corrected chi connectivity index (χ4v) is 3.66. The summed E-state index contributed by atoms with van der Waals surface area (Å²) in [6.07, 6.45) is 3.25. The van der Waals surface area contributed by atoms with Crippen molar-refractivity contribution < 1.29 is 14.3 Å². The first kappa shape index (κ1) is 20.6. The van der Waals surface area contributed by atoms with Crippen LogP contribution < -0.4 is 20.1 Å². The van der Waals surface area contributed by atoms with E-state index in [9.17, 15) is 4.79 Å². The van der Waals surface area contributed by atoms with Crippen molar-refractivity contribution in [2.45, 2.75) is 13.1 Å². The summed E-state index contributed by atoms with van der Waals surface area (Å²) in [6, 6.07) is 11.3. The number of nitrogens with zero attached hydrogens (tertiary/aromatic N) is 4. The molecule has 10 heteroatoms. The van der Waals surface area contributed by atoms with Crippen LogP contribution in [0.1, 0.15) is 4.88 Å². The molecule has 0 radical (unpaired) electrons. The van der Waals surface area contributed by atoms with Crippen LogP contribution in [0.25, 0.3) is 11.0 Å². The fourth-order valence-electron chi connectivity index (χ4n) is 3.02. The number of carbonyl (C=O) groups excluding carboxylic acids is 1. The van der Waals surface area contributed by atoms with Gasteiger partial charge in [-0.3, -0.25) is 4.79 Å². The van der Waals surface area contributed by atoms with Crippen LogP contribution in [-0.2, 0) is 17.9 Å². The van der Waals surface area contributed by atoms with Gasteiger partial charge in [0.25, 0.3) is 5.91 Å². The van der Waals surface area contributed by atoms with Crippen LogP contribution in [0.3, 0.4) is 0 Å². The lowest BCUT2D eigenvalue weighted by molar-refractivity contribution is -0.123. The number of rotatable bonds is 10. The predicted molar refractivity (Wildman–Crippen MR) is 118 cm³/mol. The monoisotopic (exact) mass is 438 g/mol. The molecule has 1 amide bonds. The molecule has 1 aromatic carbocycles. The second-order valence-corrected chi connectivity index (χ2v) is 7.58. The highest BCUT2D eigenvalue weighted by molar-refractivity contribution is 7.09. The van der Waals surface area contributed by atoms with Crippen molar-refractivity contribution in [2.75, 3.05) is 25.6 Å². The molecule has 0 saturated carbocycles. The molecule has 0 atom stereocenters. The summed E-state index contributed by atoms with van der Waals surface area (Å²) in [4.78, 5) is 22.0. The summed E-state index contributed by atoms with van der Waals surface area (Å²) in [5, 5.41) is 13.4. The number of ether oxygens (including phenoxy) is 2. The Morgan fingerprint density at radius 1 is 1.16 bits per heavy atom. The van der Waals surface area contributed by atoms with Crippen LogP contribution in [0.4, 0.5) is 5.82 Å². The van der Waals surface area contributed by atoms with Crippen molar-refractivity contribution in [1.82, 2.24) is 25.1 Å². The van der Waals surface area contributed by atoms with Crippen molar-refractivity contribution >= 4 is 34.1 Å². The SMILES string of the molecule is COc1ccccc1OCC(=O)NCCn1ncc2c(NCc3cccs3)ncnc21. The van der Waals surface area contributed by atoms with Gasteiger partial charge in [-0.15, -0.1) is 11.3 Å². The summed E-state index contributed by atoms with van der Waals surface area (Å²) in [7, 11) is 1.56. The predicted octanol–water partition coefficient (Wildman–Crippen LogP) is 2.70. The Balaban J connectivity index is 1.30. The molecule has 3 heterocycles. The molecule has 0 aliphatic carbocycles. The van der Waals surface area contributed by atoms with Crippen LogP contribution in [-0.4, -0.2) is 45.9 Å². The number of carbonyl (C=O) groups is 1. The average Bonchev–Trinajstić information content (AvgIpc) is 3.47. The smallest absolute Gasteiger partial charge is 0.258 e. The maximum atomic E-state index is 12.1. The number of thiophene rings is 1. The third-order valence-electron chi connectivity index (χ3n) is 4.52. The molecule has 0 spiro atoms. The van der Waals surface area contributed by atoms with E-state index < -0.39 is 0 Å². The summed E-state index contributed by atoms with van der Waals surface area (Å²) in [6.45, 7) is 1.47. The zero-order valence-electron chi connectivity index (χ0n) is 16.9. The Kier molecular flexibility index (Phi) is 6.58. The molecule has 0 aliphatic heterocycles. The molecule has 9 nitrogen and oxygen atoms in total. The average molecular weight is 439 g/mol. The lowest BCUT2D eigenvalue weighted by Gasteiger charge is -2.10. The van der Waals surface area contributed by atoms with Crippen LogP contribution in [0.2, 0.25) is 0 Å². The molecule has 4 rings (SSSR count). The number of benzene rings is 1. The van der Waals surface area contributed by atoms with E-state index in [-0.39, 0.29) is 12.5 Å². The number of fused-ring (bicyclic) bond motifs is 1. The minimum absolute atomic E-state index is 0.0980. The molecular formula is C21H22N6O3S. The second kappa shape index (κ2) is 9.90. The van der Waals surface area contributed by atoms with Crippen LogP contribution in [0.5, 0.6) is 11.5 Å². The van der Waals surface area contributed by atoms with Gasteiger partial charge in [0, 0.05) is 11.4 Å². The van der Waals surface area contributed by atoms with E-state index in [1.165, 1.54) is 11.2 Å². The number of hydrogen-bond donors (Lipinski definition) is 2. The number of nitrogens with one attached hydrogen (secondary N) is 2. The Hall–Kier alpha value is -3.66. The van der Waals surface area contributed by atoms with Crippen molar-refractivity contribution in [3.8, 4) is 11.5 Å². The number of amides is 1. The number of hydrogen-bond acceptors (Lipinski definition) is 8. The Morgan fingerprint density at radius 2 is 2.03 bits per heavy atom. The molecule has 31 heavy (non-hydrogen) atoms. The molecule has 0 bridgehead atoms. The molecule has 0 aliphatic rings. The van der Waals surface area contributed by atoms with Gasteiger partial charge in [-0.05, 0) is 23.6 Å². The molecule has 4 aromatic rings. The number of anilines is 1. The van der Waals surface area contributed by atoms with E-state index >= 15 is 0 Å². The summed E-state index contributed by atoms with van der Waals surface area (Å²) in [5.74, 6) is 1.62. The topological polar surface area (TPSA) is 103 Å². The first-order chi connectivity index (χ1) is 15.2. The van der Waals surface area contributed by atoms with Crippen LogP contribution in [0, 0.1) is 0 Å². The highest BCUT2D eigenvalue weighted by Crippen LogP contribution is 2.25. The molecular weight excluding hydrogens is 416 g/mol. The van der Waals surface area contributed by atoms with E-state index in [1.54, 1.807) is 41.5 Å². The minimum atomic E-state index is -0.227. The quantitative estimate of drug-likeness (QED) is 0.392. The van der Waals surface area contributed by atoms with Gasteiger partial charge >= 0.3 is 0 Å². The minimum Gasteiger partial charge on any atom is -0.493 e. The number of methoxy groups -OCH3 is 1. The van der Waals surface area contributed by atoms with E-state index in [0.717, 1.165) is 11.2 Å². The Labute approximate surface area is 183 Å². The van der Waals surface area contributed by atoms with Gasteiger partial charge in [-0.2, -0.15) is 5.10 Å². The number of aromatic nitrogens is 4. The lowest BCUT2D eigenvalue weighted by Crippen LogP contribution is -2.31. The van der Waals surface area contributed by atoms with Gasteiger partial charge in [0.05, 0.1) is 31.8 Å². The lowest BCUT2D eigenvalue weighted by atomic mass is 10.3. The van der Waals surface area contributed by atoms with Gasteiger partial charge in [0.1, 0.15) is 12.1 Å². The first-order valence-corrected chi connectivity index (χ1v) is 10.6.